The van der Waals surface area contributed by atoms with Gasteiger partial charge >= 0.3 is 0 Å². The topological polar surface area (TPSA) is 67.4 Å². The molecule has 2 amide bonds. The molecule has 0 aromatic heterocycles. The van der Waals surface area contributed by atoms with Crippen molar-refractivity contribution < 1.29 is 14.4 Å². The van der Waals surface area contributed by atoms with E-state index in [1.54, 1.807) is 12.1 Å². The van der Waals surface area contributed by atoms with Crippen LogP contribution in [0.2, 0.25) is 0 Å². The molecule has 2 rings (SSSR count). The molecule has 2 aromatic rings. The van der Waals surface area contributed by atoms with Gasteiger partial charge in [-0.15, -0.1) is 0 Å². The highest BCUT2D eigenvalue weighted by atomic mass is 16.6. The second kappa shape index (κ2) is 8.99. The van der Waals surface area contributed by atoms with Crippen LogP contribution in [0.3, 0.4) is 0 Å². The van der Waals surface area contributed by atoms with E-state index >= 15 is 0 Å². The van der Waals surface area contributed by atoms with Gasteiger partial charge in [-0.3, -0.25) is 14.4 Å². The summed E-state index contributed by atoms with van der Waals surface area (Å²) >= 11 is 0. The molecule has 1 atom stereocenters. The predicted molar refractivity (Wildman–Crippen MR) is 96.6 cm³/mol. The van der Waals surface area contributed by atoms with Crippen LogP contribution in [0.25, 0.3) is 0 Å². The van der Waals surface area contributed by atoms with Crippen molar-refractivity contribution in [1.29, 1.82) is 0 Å². The molecule has 5 nitrogen and oxygen atoms in total. The van der Waals surface area contributed by atoms with Crippen LogP contribution < -0.4 is 10.8 Å². The highest BCUT2D eigenvalue weighted by molar-refractivity contribution is 5.97. The Hall–Kier alpha value is -2.66. The molecule has 0 aliphatic heterocycles. The Morgan fingerprint density at radius 1 is 1.04 bits per heavy atom. The van der Waals surface area contributed by atoms with Gasteiger partial charge in [-0.2, -0.15) is 0 Å². The Balaban J connectivity index is 1.92. The van der Waals surface area contributed by atoms with Gasteiger partial charge < -0.3 is 5.32 Å². The number of amides is 2. The van der Waals surface area contributed by atoms with Crippen molar-refractivity contribution >= 4 is 11.8 Å². The number of benzene rings is 2. The van der Waals surface area contributed by atoms with Crippen LogP contribution in [0.15, 0.2) is 54.6 Å². The zero-order valence-corrected chi connectivity index (χ0v) is 14.8. The largest absolute Gasteiger partial charge is 0.340 e. The van der Waals surface area contributed by atoms with E-state index in [1.807, 2.05) is 63.2 Å². The lowest BCUT2D eigenvalue weighted by Crippen LogP contribution is -2.49. The minimum atomic E-state index is -0.677. The molecule has 0 aliphatic carbocycles. The highest BCUT2D eigenvalue weighted by Gasteiger charge is 2.25. The molecule has 0 heterocycles. The third-order valence-corrected chi connectivity index (χ3v) is 3.77. The van der Waals surface area contributed by atoms with Crippen molar-refractivity contribution in [3.8, 4) is 0 Å². The summed E-state index contributed by atoms with van der Waals surface area (Å²) in [5.74, 6) is -0.721. The van der Waals surface area contributed by atoms with Gasteiger partial charge in [-0.05, 0) is 30.5 Å². The van der Waals surface area contributed by atoms with Gasteiger partial charge in [0.05, 0.1) is 6.61 Å². The number of rotatable bonds is 7. The summed E-state index contributed by atoms with van der Waals surface area (Å²) in [6.45, 7) is 5.93. The van der Waals surface area contributed by atoms with Gasteiger partial charge in [0.15, 0.2) is 0 Å². The van der Waals surface area contributed by atoms with Gasteiger partial charge in [0.25, 0.3) is 11.8 Å². The van der Waals surface area contributed by atoms with Crippen molar-refractivity contribution in [2.24, 2.45) is 5.92 Å². The summed E-state index contributed by atoms with van der Waals surface area (Å²) < 4.78 is 0. The number of nitrogens with one attached hydrogen (secondary N) is 2. The number of hydroxylamine groups is 1. The van der Waals surface area contributed by atoms with E-state index < -0.39 is 6.04 Å². The van der Waals surface area contributed by atoms with Crippen LogP contribution in [0.4, 0.5) is 0 Å². The van der Waals surface area contributed by atoms with Gasteiger partial charge in [0, 0.05) is 5.56 Å². The standard InChI is InChI=1S/C20H24N2O3/c1-14(2)18(21-19(23)17-11-7-8-15(3)12-17)20(24)22-25-13-16-9-5-4-6-10-16/h4-12,14,18H,13H2,1-3H3,(H,21,23)(H,22,24). The minimum Gasteiger partial charge on any atom is -0.340 e. The fourth-order valence-corrected chi connectivity index (χ4v) is 2.37. The van der Waals surface area contributed by atoms with Gasteiger partial charge in [0.1, 0.15) is 6.04 Å². The van der Waals surface area contributed by atoms with Gasteiger partial charge in [-0.1, -0.05) is 61.9 Å². The molecule has 0 spiro atoms. The van der Waals surface area contributed by atoms with Crippen LogP contribution in [-0.4, -0.2) is 17.9 Å². The first-order valence-electron chi connectivity index (χ1n) is 8.30. The van der Waals surface area contributed by atoms with Crippen molar-refractivity contribution in [2.45, 2.75) is 33.4 Å². The molecular formula is C20H24N2O3. The molecule has 0 bridgehead atoms. The predicted octanol–water partition coefficient (Wildman–Crippen LogP) is 3.00. The van der Waals surface area contributed by atoms with Crippen molar-refractivity contribution in [3.63, 3.8) is 0 Å². The minimum absolute atomic E-state index is 0.0749. The summed E-state index contributed by atoms with van der Waals surface area (Å²) in [6.07, 6.45) is 0. The number of aryl methyl sites for hydroxylation is 1. The van der Waals surface area contributed by atoms with E-state index in [0.29, 0.717) is 5.56 Å². The Morgan fingerprint density at radius 2 is 1.76 bits per heavy atom. The average molecular weight is 340 g/mol. The zero-order chi connectivity index (χ0) is 18.2. The van der Waals surface area contributed by atoms with E-state index in [1.165, 1.54) is 0 Å². The Labute approximate surface area is 148 Å². The van der Waals surface area contributed by atoms with Crippen LogP contribution in [0.1, 0.15) is 35.3 Å². The van der Waals surface area contributed by atoms with Gasteiger partial charge in [-0.25, -0.2) is 5.48 Å². The molecular weight excluding hydrogens is 316 g/mol. The molecule has 132 valence electrons. The Morgan fingerprint density at radius 3 is 2.40 bits per heavy atom. The lowest BCUT2D eigenvalue weighted by molar-refractivity contribution is -0.137. The average Bonchev–Trinajstić information content (AvgIpc) is 2.60. The Kier molecular flexibility index (Phi) is 6.71. The van der Waals surface area contributed by atoms with E-state index in [0.717, 1.165) is 11.1 Å². The van der Waals surface area contributed by atoms with E-state index in [-0.39, 0.29) is 24.3 Å². The summed E-state index contributed by atoms with van der Waals surface area (Å²) in [6, 6.07) is 16.1. The fourth-order valence-electron chi connectivity index (χ4n) is 2.37. The molecule has 0 fully saturated rings. The van der Waals surface area contributed by atoms with Crippen LogP contribution in [-0.2, 0) is 16.2 Å². The second-order valence-corrected chi connectivity index (χ2v) is 6.31. The van der Waals surface area contributed by atoms with Crippen molar-refractivity contribution in [2.75, 3.05) is 0 Å². The first kappa shape index (κ1) is 18.7. The maximum atomic E-state index is 12.4. The number of carbonyl (C=O) groups excluding carboxylic acids is 2. The second-order valence-electron chi connectivity index (χ2n) is 6.31. The smallest absolute Gasteiger partial charge is 0.266 e. The van der Waals surface area contributed by atoms with Crippen LogP contribution in [0, 0.1) is 12.8 Å². The lowest BCUT2D eigenvalue weighted by atomic mass is 10.0. The third kappa shape index (κ3) is 5.72. The summed E-state index contributed by atoms with van der Waals surface area (Å²) in [5, 5.41) is 2.78. The van der Waals surface area contributed by atoms with Crippen molar-refractivity contribution in [3.05, 3.63) is 71.3 Å². The highest BCUT2D eigenvalue weighted by Crippen LogP contribution is 2.08. The maximum Gasteiger partial charge on any atom is 0.266 e. The normalized spacial score (nSPS) is 11.8. The quantitative estimate of drug-likeness (QED) is 0.762. The first-order valence-corrected chi connectivity index (χ1v) is 8.30. The third-order valence-electron chi connectivity index (χ3n) is 3.77. The maximum absolute atomic E-state index is 12.4. The molecule has 0 saturated heterocycles. The molecule has 0 aliphatic rings. The molecule has 2 aromatic carbocycles. The molecule has 0 radical (unpaired) electrons. The lowest BCUT2D eigenvalue weighted by Gasteiger charge is -2.21. The summed E-state index contributed by atoms with van der Waals surface area (Å²) in [7, 11) is 0. The SMILES string of the molecule is Cc1cccc(C(=O)NC(C(=O)NOCc2ccccc2)C(C)C)c1. The van der Waals surface area contributed by atoms with E-state index in [9.17, 15) is 9.59 Å². The molecule has 1 unspecified atom stereocenters. The van der Waals surface area contributed by atoms with Crippen molar-refractivity contribution in [1.82, 2.24) is 10.8 Å². The van der Waals surface area contributed by atoms with E-state index in [4.69, 9.17) is 4.84 Å². The summed E-state index contributed by atoms with van der Waals surface area (Å²) in [4.78, 5) is 30.0. The first-order chi connectivity index (χ1) is 12.0. The summed E-state index contributed by atoms with van der Waals surface area (Å²) in [5.41, 5.74) is 4.90. The zero-order valence-electron chi connectivity index (χ0n) is 14.8. The Bertz CT molecular complexity index is 714. The molecule has 0 saturated carbocycles. The molecule has 25 heavy (non-hydrogen) atoms. The van der Waals surface area contributed by atoms with E-state index in [2.05, 4.69) is 10.8 Å². The number of carbonyl (C=O) groups is 2. The van der Waals surface area contributed by atoms with Crippen LogP contribution in [0.5, 0.6) is 0 Å². The van der Waals surface area contributed by atoms with Crippen LogP contribution >= 0.6 is 0 Å². The molecule has 2 N–H and O–H groups in total. The number of hydrogen-bond donors (Lipinski definition) is 2. The number of hydrogen-bond acceptors (Lipinski definition) is 3. The monoisotopic (exact) mass is 340 g/mol. The fraction of sp³-hybridized carbons (Fsp3) is 0.300. The van der Waals surface area contributed by atoms with Gasteiger partial charge in [0.2, 0.25) is 0 Å². The molecule has 5 heteroatoms.